The normalized spacial score (nSPS) is 15.3. The van der Waals surface area contributed by atoms with Gasteiger partial charge in [-0.3, -0.25) is 4.79 Å². The van der Waals surface area contributed by atoms with Gasteiger partial charge in [-0.2, -0.15) is 0 Å². The molecular weight excluding hydrogens is 78.0 g/mol. The van der Waals surface area contributed by atoms with E-state index in [2.05, 4.69) is 11.8 Å². The Kier molecular flexibility index (Phi) is 0.403. The first-order valence-corrected chi connectivity index (χ1v) is 1.61. The van der Waals surface area contributed by atoms with Crippen molar-refractivity contribution >= 4 is 5.91 Å². The number of nitrogens with two attached hydrogens (primary N) is 1. The first kappa shape index (κ1) is 3.23. The van der Waals surface area contributed by atoms with Crippen molar-refractivity contribution in [3.8, 4) is 11.8 Å². The standard InChI is InChI=1S/C4H3NO/c5-4(6)3-1-2-3/h3H,(H2,5,6). The summed E-state index contributed by atoms with van der Waals surface area (Å²) in [6.07, 6.45) is 0. The molecule has 0 aliphatic heterocycles. The van der Waals surface area contributed by atoms with Crippen LogP contribution in [0.1, 0.15) is 0 Å². The molecule has 1 amide bonds. The zero-order valence-electron chi connectivity index (χ0n) is 3.06. The van der Waals surface area contributed by atoms with Gasteiger partial charge in [0.2, 0.25) is 5.91 Å². The first-order chi connectivity index (χ1) is 2.80. The van der Waals surface area contributed by atoms with Gasteiger partial charge in [0, 0.05) is 0 Å². The Morgan fingerprint density at radius 3 is 2.17 bits per heavy atom. The van der Waals surface area contributed by atoms with Gasteiger partial charge < -0.3 is 5.73 Å². The topological polar surface area (TPSA) is 43.1 Å². The van der Waals surface area contributed by atoms with Crippen LogP contribution in [0.4, 0.5) is 0 Å². The van der Waals surface area contributed by atoms with E-state index in [-0.39, 0.29) is 11.8 Å². The number of carbonyl (C=O) groups is 1. The van der Waals surface area contributed by atoms with Crippen molar-refractivity contribution in [2.75, 3.05) is 0 Å². The van der Waals surface area contributed by atoms with Gasteiger partial charge in [0.05, 0.1) is 0 Å². The van der Waals surface area contributed by atoms with Crippen molar-refractivity contribution in [1.82, 2.24) is 0 Å². The Morgan fingerprint density at radius 2 is 2.17 bits per heavy atom. The fourth-order valence-electron chi connectivity index (χ4n) is 0.184. The summed E-state index contributed by atoms with van der Waals surface area (Å²) in [7, 11) is 0. The minimum Gasteiger partial charge on any atom is -0.368 e. The minimum absolute atomic E-state index is 0.259. The van der Waals surface area contributed by atoms with Gasteiger partial charge >= 0.3 is 0 Å². The van der Waals surface area contributed by atoms with Crippen molar-refractivity contribution in [3.05, 3.63) is 0 Å². The molecule has 1 rings (SSSR count). The molecule has 0 bridgehead atoms. The lowest BCUT2D eigenvalue weighted by molar-refractivity contribution is -0.118. The Morgan fingerprint density at radius 1 is 1.67 bits per heavy atom. The average Bonchev–Trinajstić information content (AvgIpc) is 2.06. The minimum atomic E-state index is -0.352. The van der Waals surface area contributed by atoms with Crippen LogP contribution < -0.4 is 5.73 Å². The highest BCUT2D eigenvalue weighted by Gasteiger charge is 2.15. The van der Waals surface area contributed by atoms with Gasteiger partial charge in [0.1, 0.15) is 0 Å². The highest BCUT2D eigenvalue weighted by Crippen LogP contribution is 2.00. The maximum absolute atomic E-state index is 9.86. The van der Waals surface area contributed by atoms with Crippen molar-refractivity contribution in [2.45, 2.75) is 0 Å². The Hall–Kier alpha value is -0.970. The fraction of sp³-hybridized carbons (Fsp3) is 0.250. The maximum Gasteiger partial charge on any atom is 0.244 e. The van der Waals surface area contributed by atoms with E-state index < -0.39 is 0 Å². The summed E-state index contributed by atoms with van der Waals surface area (Å²) in [6.45, 7) is 0. The molecule has 0 saturated heterocycles. The molecule has 6 heavy (non-hydrogen) atoms. The largest absolute Gasteiger partial charge is 0.368 e. The summed E-state index contributed by atoms with van der Waals surface area (Å²) >= 11 is 0. The second kappa shape index (κ2) is 0.749. The third-order valence-corrected chi connectivity index (χ3v) is 0.573. The molecule has 0 fully saturated rings. The predicted octanol–water partition coefficient (Wildman–Crippen LogP) is -0.895. The molecule has 0 saturated carbocycles. The summed E-state index contributed by atoms with van der Waals surface area (Å²) in [5.41, 5.74) is 4.73. The van der Waals surface area contributed by atoms with E-state index in [1.54, 1.807) is 0 Å². The molecule has 1 aliphatic carbocycles. The summed E-state index contributed by atoms with van der Waals surface area (Å²) in [5.74, 6) is 4.41. The van der Waals surface area contributed by atoms with Gasteiger partial charge in [-0.05, 0) is 0 Å². The Labute approximate surface area is 35.3 Å². The lowest BCUT2D eigenvalue weighted by Gasteiger charge is -1.76. The van der Waals surface area contributed by atoms with Crippen LogP contribution in [0.25, 0.3) is 0 Å². The van der Waals surface area contributed by atoms with E-state index in [9.17, 15) is 4.79 Å². The van der Waals surface area contributed by atoms with Gasteiger partial charge in [0.15, 0.2) is 5.92 Å². The van der Waals surface area contributed by atoms with E-state index in [4.69, 9.17) is 5.73 Å². The SMILES string of the molecule is NC(=O)C1C#C1. The number of hydrogen-bond donors (Lipinski definition) is 1. The van der Waals surface area contributed by atoms with Crippen LogP contribution in [0, 0.1) is 17.8 Å². The number of rotatable bonds is 1. The molecule has 0 heterocycles. The molecule has 1 aliphatic rings. The average molecular weight is 81.1 g/mol. The Bertz CT molecular complexity index is 131. The van der Waals surface area contributed by atoms with Crippen molar-refractivity contribution in [3.63, 3.8) is 0 Å². The molecule has 0 aromatic carbocycles. The zero-order chi connectivity index (χ0) is 4.57. The third-order valence-electron chi connectivity index (χ3n) is 0.573. The summed E-state index contributed by atoms with van der Waals surface area (Å²) in [6, 6.07) is 0. The van der Waals surface area contributed by atoms with Gasteiger partial charge in [0.25, 0.3) is 0 Å². The van der Waals surface area contributed by atoms with Crippen LogP contribution in [0.3, 0.4) is 0 Å². The second-order valence-corrected chi connectivity index (χ2v) is 1.12. The highest BCUT2D eigenvalue weighted by atomic mass is 16.1. The van der Waals surface area contributed by atoms with Crippen LogP contribution >= 0.6 is 0 Å². The quantitative estimate of drug-likeness (QED) is 0.408. The van der Waals surface area contributed by atoms with Gasteiger partial charge in [-0.25, -0.2) is 0 Å². The van der Waals surface area contributed by atoms with Crippen molar-refractivity contribution in [2.24, 2.45) is 11.7 Å². The molecule has 0 unspecified atom stereocenters. The van der Waals surface area contributed by atoms with Gasteiger partial charge in [-0.1, -0.05) is 11.8 Å². The zero-order valence-corrected chi connectivity index (χ0v) is 3.06. The van der Waals surface area contributed by atoms with Crippen LogP contribution in [0.2, 0.25) is 0 Å². The smallest absolute Gasteiger partial charge is 0.244 e. The molecule has 0 aromatic rings. The van der Waals surface area contributed by atoms with Crippen LogP contribution in [-0.2, 0) is 4.79 Å². The monoisotopic (exact) mass is 81.0 g/mol. The van der Waals surface area contributed by atoms with E-state index >= 15 is 0 Å². The molecule has 0 spiro atoms. The van der Waals surface area contributed by atoms with Gasteiger partial charge in [-0.15, -0.1) is 0 Å². The highest BCUT2D eigenvalue weighted by molar-refractivity contribution is 5.87. The molecular formula is C4H3NO. The lowest BCUT2D eigenvalue weighted by Crippen LogP contribution is -2.14. The summed E-state index contributed by atoms with van der Waals surface area (Å²) < 4.78 is 0. The summed E-state index contributed by atoms with van der Waals surface area (Å²) in [5, 5.41) is 0. The Balaban J connectivity index is 2.36. The second-order valence-electron chi connectivity index (χ2n) is 1.12. The lowest BCUT2D eigenvalue weighted by atomic mass is 10.3. The third kappa shape index (κ3) is 0.343. The van der Waals surface area contributed by atoms with E-state index in [0.29, 0.717) is 0 Å². The number of primary amides is 1. The van der Waals surface area contributed by atoms with E-state index in [1.165, 1.54) is 0 Å². The van der Waals surface area contributed by atoms with Crippen molar-refractivity contribution in [1.29, 1.82) is 0 Å². The molecule has 0 aromatic heterocycles. The number of amides is 1. The fourth-order valence-corrected chi connectivity index (χ4v) is 0.184. The number of hydrogen-bond acceptors (Lipinski definition) is 1. The van der Waals surface area contributed by atoms with Crippen LogP contribution in [0.5, 0.6) is 0 Å². The van der Waals surface area contributed by atoms with E-state index in [0.717, 1.165) is 0 Å². The van der Waals surface area contributed by atoms with Crippen molar-refractivity contribution < 1.29 is 4.79 Å². The number of carbonyl (C=O) groups excluding carboxylic acids is 1. The predicted molar refractivity (Wildman–Crippen MR) is 20.5 cm³/mol. The molecule has 0 radical (unpaired) electrons. The van der Waals surface area contributed by atoms with E-state index in [1.807, 2.05) is 0 Å². The summed E-state index contributed by atoms with van der Waals surface area (Å²) in [4.78, 5) is 9.86. The van der Waals surface area contributed by atoms with Crippen LogP contribution in [-0.4, -0.2) is 5.91 Å². The maximum atomic E-state index is 9.86. The molecule has 2 heteroatoms. The molecule has 30 valence electrons. The first-order valence-electron chi connectivity index (χ1n) is 1.61. The molecule has 0 atom stereocenters. The van der Waals surface area contributed by atoms with Crippen LogP contribution in [0.15, 0.2) is 0 Å². The molecule has 2 nitrogen and oxygen atoms in total. The molecule has 2 N–H and O–H groups in total.